The fourth-order valence-electron chi connectivity index (χ4n) is 2.55. The number of likely N-dealkylation sites (N-methyl/N-ethyl adjacent to an activating group) is 1. The van der Waals surface area contributed by atoms with E-state index >= 15 is 0 Å². The van der Waals surface area contributed by atoms with Gasteiger partial charge in [-0.2, -0.15) is 0 Å². The lowest BCUT2D eigenvalue weighted by atomic mass is 9.98. The van der Waals surface area contributed by atoms with Crippen molar-refractivity contribution in [3.05, 3.63) is 35.4 Å². The van der Waals surface area contributed by atoms with Gasteiger partial charge in [0.15, 0.2) is 0 Å². The number of nitrogens with zero attached hydrogens (tertiary/aromatic N) is 1. The second kappa shape index (κ2) is 7.72. The molecule has 1 heterocycles. The Labute approximate surface area is 140 Å². The Morgan fingerprint density at radius 3 is 2.67 bits per heavy atom. The average Bonchev–Trinajstić information content (AvgIpc) is 2.54. The minimum Gasteiger partial charge on any atom is -0.355 e. The van der Waals surface area contributed by atoms with Crippen LogP contribution in [0.3, 0.4) is 0 Å². The van der Waals surface area contributed by atoms with Crippen molar-refractivity contribution in [1.82, 2.24) is 15.5 Å². The molecule has 0 radical (unpaired) electrons. The van der Waals surface area contributed by atoms with Crippen molar-refractivity contribution >= 4 is 23.6 Å². The quantitative estimate of drug-likeness (QED) is 0.730. The van der Waals surface area contributed by atoms with Gasteiger partial charge in [0.05, 0.1) is 6.42 Å². The highest BCUT2D eigenvalue weighted by Crippen LogP contribution is 2.19. The first kappa shape index (κ1) is 17.7. The van der Waals surface area contributed by atoms with E-state index in [9.17, 15) is 19.2 Å². The molecule has 2 rings (SSSR count). The number of carbonyl (C=O) groups excluding carboxylic acids is 4. The highest BCUT2D eigenvalue weighted by Gasteiger charge is 2.30. The largest absolute Gasteiger partial charge is 0.355 e. The van der Waals surface area contributed by atoms with Crippen molar-refractivity contribution in [2.24, 2.45) is 0 Å². The summed E-state index contributed by atoms with van der Waals surface area (Å²) in [7, 11) is 0. The smallest absolute Gasteiger partial charge is 0.260 e. The number of rotatable bonds is 6. The zero-order valence-electron chi connectivity index (χ0n) is 13.8. The Bertz CT molecular complexity index is 672. The molecule has 1 atom stereocenters. The summed E-state index contributed by atoms with van der Waals surface area (Å²) >= 11 is 0. The molecule has 0 unspecified atom stereocenters. The molecule has 1 aliphatic heterocycles. The molecule has 1 aromatic carbocycles. The second-order valence-corrected chi connectivity index (χ2v) is 5.62. The minimum absolute atomic E-state index is 0.0000485. The van der Waals surface area contributed by atoms with E-state index in [4.69, 9.17) is 0 Å². The van der Waals surface area contributed by atoms with Gasteiger partial charge in [-0.05, 0) is 25.5 Å². The minimum atomic E-state index is -0.661. The summed E-state index contributed by atoms with van der Waals surface area (Å²) < 4.78 is 0. The van der Waals surface area contributed by atoms with Gasteiger partial charge >= 0.3 is 0 Å². The third kappa shape index (κ3) is 3.98. The maximum absolute atomic E-state index is 12.4. The van der Waals surface area contributed by atoms with Crippen molar-refractivity contribution in [3.63, 3.8) is 0 Å². The van der Waals surface area contributed by atoms with E-state index in [1.165, 1.54) is 0 Å². The number of hydrogen-bond acceptors (Lipinski definition) is 4. The summed E-state index contributed by atoms with van der Waals surface area (Å²) in [5.74, 6) is -1.35. The van der Waals surface area contributed by atoms with Crippen LogP contribution in [0.15, 0.2) is 24.3 Å². The van der Waals surface area contributed by atoms with E-state index in [1.807, 2.05) is 0 Å². The van der Waals surface area contributed by atoms with Gasteiger partial charge in [0.2, 0.25) is 17.7 Å². The van der Waals surface area contributed by atoms with Crippen LogP contribution in [-0.2, 0) is 20.8 Å². The molecule has 128 valence electrons. The van der Waals surface area contributed by atoms with Gasteiger partial charge in [0.1, 0.15) is 6.04 Å². The first-order chi connectivity index (χ1) is 11.4. The van der Waals surface area contributed by atoms with Gasteiger partial charge in [-0.25, -0.2) is 0 Å². The molecule has 1 aliphatic rings. The Balaban J connectivity index is 1.92. The Kier molecular flexibility index (Phi) is 5.68. The van der Waals surface area contributed by atoms with E-state index in [1.54, 1.807) is 38.1 Å². The van der Waals surface area contributed by atoms with Gasteiger partial charge in [-0.1, -0.05) is 18.2 Å². The van der Waals surface area contributed by atoms with E-state index in [0.717, 1.165) is 4.90 Å². The number of amides is 4. The van der Waals surface area contributed by atoms with E-state index in [2.05, 4.69) is 10.6 Å². The monoisotopic (exact) mass is 331 g/mol. The first-order valence-electron chi connectivity index (χ1n) is 7.93. The highest BCUT2D eigenvalue weighted by molar-refractivity contribution is 6.09. The maximum Gasteiger partial charge on any atom is 0.260 e. The number of fused-ring (bicyclic) bond motifs is 1. The molecule has 4 amide bonds. The van der Waals surface area contributed by atoms with Crippen LogP contribution in [-0.4, -0.2) is 47.7 Å². The lowest BCUT2D eigenvalue weighted by Crippen LogP contribution is -2.47. The molecule has 0 saturated heterocycles. The Hall–Kier alpha value is -2.70. The molecule has 0 bridgehead atoms. The van der Waals surface area contributed by atoms with Crippen LogP contribution < -0.4 is 10.6 Å². The molecular weight excluding hydrogens is 310 g/mol. The Morgan fingerprint density at radius 2 is 1.96 bits per heavy atom. The highest BCUT2D eigenvalue weighted by atomic mass is 16.2. The van der Waals surface area contributed by atoms with E-state index in [0.29, 0.717) is 17.7 Å². The molecule has 2 N–H and O–H groups in total. The molecule has 1 aromatic rings. The van der Waals surface area contributed by atoms with Crippen molar-refractivity contribution in [2.75, 3.05) is 13.1 Å². The SMILES string of the molecule is CCNC(=O)[C@@H](C)NC(=O)CCN1C(=O)Cc2ccccc2C1=O. The van der Waals surface area contributed by atoms with Gasteiger partial charge in [0.25, 0.3) is 5.91 Å². The summed E-state index contributed by atoms with van der Waals surface area (Å²) in [6.07, 6.45) is 0.113. The topological polar surface area (TPSA) is 95.6 Å². The molecule has 24 heavy (non-hydrogen) atoms. The zero-order valence-corrected chi connectivity index (χ0v) is 13.8. The van der Waals surface area contributed by atoms with Gasteiger partial charge in [-0.3, -0.25) is 24.1 Å². The van der Waals surface area contributed by atoms with Crippen LogP contribution in [0, 0.1) is 0 Å². The van der Waals surface area contributed by atoms with E-state index in [-0.39, 0.29) is 43.0 Å². The summed E-state index contributed by atoms with van der Waals surface area (Å²) in [4.78, 5) is 49.1. The average molecular weight is 331 g/mol. The summed E-state index contributed by atoms with van der Waals surface area (Å²) in [6.45, 7) is 3.85. The molecule has 0 saturated carbocycles. The molecule has 0 aromatic heterocycles. The first-order valence-corrected chi connectivity index (χ1v) is 7.93. The standard InChI is InChI=1S/C17H21N3O4/c1-3-18-16(23)11(2)19-14(21)8-9-20-15(22)10-12-6-4-5-7-13(12)17(20)24/h4-7,11H,3,8-10H2,1-2H3,(H,18,23)(H,19,21)/t11-/m1/s1. The van der Waals surface area contributed by atoms with Crippen molar-refractivity contribution in [3.8, 4) is 0 Å². The van der Waals surface area contributed by atoms with Crippen LogP contribution in [0.1, 0.15) is 36.2 Å². The molecule has 0 spiro atoms. The fourth-order valence-corrected chi connectivity index (χ4v) is 2.55. The van der Waals surface area contributed by atoms with E-state index < -0.39 is 6.04 Å². The normalized spacial score (nSPS) is 14.8. The number of hydrogen-bond donors (Lipinski definition) is 2. The molecule has 7 heteroatoms. The van der Waals surface area contributed by atoms with Crippen molar-refractivity contribution in [2.45, 2.75) is 32.7 Å². The second-order valence-electron chi connectivity index (χ2n) is 5.62. The molecule has 0 aliphatic carbocycles. The lowest BCUT2D eigenvalue weighted by Gasteiger charge is -2.26. The van der Waals surface area contributed by atoms with Gasteiger partial charge < -0.3 is 10.6 Å². The fraction of sp³-hybridized carbons (Fsp3) is 0.412. The third-order valence-electron chi connectivity index (χ3n) is 3.82. The predicted molar refractivity (Wildman–Crippen MR) is 87.1 cm³/mol. The van der Waals surface area contributed by atoms with Crippen LogP contribution in [0.2, 0.25) is 0 Å². The summed E-state index contributed by atoms with van der Waals surface area (Å²) in [6, 6.07) is 6.29. The van der Waals surface area contributed by atoms with Crippen LogP contribution in [0.4, 0.5) is 0 Å². The summed E-state index contributed by atoms with van der Waals surface area (Å²) in [5.41, 5.74) is 1.20. The summed E-state index contributed by atoms with van der Waals surface area (Å²) in [5, 5.41) is 5.16. The van der Waals surface area contributed by atoms with Gasteiger partial charge in [0, 0.05) is 25.1 Å². The molecule has 0 fully saturated rings. The number of carbonyl (C=O) groups is 4. The number of nitrogens with one attached hydrogen (secondary N) is 2. The predicted octanol–water partition coefficient (Wildman–Crippen LogP) is 0.242. The lowest BCUT2D eigenvalue weighted by molar-refractivity contribution is -0.130. The number of benzene rings is 1. The van der Waals surface area contributed by atoms with Crippen molar-refractivity contribution < 1.29 is 19.2 Å². The van der Waals surface area contributed by atoms with Crippen LogP contribution in [0.5, 0.6) is 0 Å². The molecule has 7 nitrogen and oxygen atoms in total. The van der Waals surface area contributed by atoms with Crippen molar-refractivity contribution in [1.29, 1.82) is 0 Å². The maximum atomic E-state index is 12.4. The zero-order chi connectivity index (χ0) is 17.7. The molecular formula is C17H21N3O4. The van der Waals surface area contributed by atoms with Gasteiger partial charge in [-0.15, -0.1) is 0 Å². The Morgan fingerprint density at radius 1 is 1.25 bits per heavy atom. The van der Waals surface area contributed by atoms with Crippen LogP contribution in [0.25, 0.3) is 0 Å². The third-order valence-corrected chi connectivity index (χ3v) is 3.82. The van der Waals surface area contributed by atoms with Crippen LogP contribution >= 0.6 is 0 Å². The number of imide groups is 1.